The van der Waals surface area contributed by atoms with E-state index in [0.29, 0.717) is 16.9 Å². The molecule has 0 radical (unpaired) electrons. The van der Waals surface area contributed by atoms with Crippen molar-refractivity contribution >= 4 is 35.0 Å². The van der Waals surface area contributed by atoms with E-state index in [4.69, 9.17) is 27.9 Å². The van der Waals surface area contributed by atoms with Gasteiger partial charge in [-0.15, -0.1) is 0 Å². The number of halogens is 2. The van der Waals surface area contributed by atoms with Crippen LogP contribution in [0.4, 0.5) is 0 Å². The van der Waals surface area contributed by atoms with Gasteiger partial charge in [-0.05, 0) is 42.3 Å². The van der Waals surface area contributed by atoms with Crippen molar-refractivity contribution in [2.75, 3.05) is 14.2 Å². The van der Waals surface area contributed by atoms with Crippen LogP contribution in [-0.2, 0) is 11.2 Å². The molecule has 0 aromatic heterocycles. The molecular formula is C18H16Cl2O5. The second kappa shape index (κ2) is 8.23. The molecular weight excluding hydrogens is 367 g/mol. The molecule has 2 aromatic rings. The van der Waals surface area contributed by atoms with Gasteiger partial charge in [0.05, 0.1) is 35.4 Å². The molecule has 0 bridgehead atoms. The maximum absolute atomic E-state index is 12.5. The first-order valence-electron chi connectivity index (χ1n) is 7.33. The lowest BCUT2D eigenvalue weighted by molar-refractivity contribution is 0.0600. The van der Waals surface area contributed by atoms with Gasteiger partial charge in [0.1, 0.15) is 11.5 Å². The largest absolute Gasteiger partial charge is 0.508 e. The second-order valence-corrected chi connectivity index (χ2v) is 6.04. The van der Waals surface area contributed by atoms with Gasteiger partial charge in [0.2, 0.25) is 0 Å². The number of phenolic OH excluding ortho intramolecular Hbond substituents is 1. The molecule has 5 nitrogen and oxygen atoms in total. The molecule has 7 heteroatoms. The molecule has 0 unspecified atom stereocenters. The van der Waals surface area contributed by atoms with Crippen molar-refractivity contribution < 1.29 is 24.2 Å². The Kier molecular flexibility index (Phi) is 6.28. The summed E-state index contributed by atoms with van der Waals surface area (Å²) < 4.78 is 9.69. The average Bonchev–Trinajstić information content (AvgIpc) is 2.59. The summed E-state index contributed by atoms with van der Waals surface area (Å²) in [6, 6.07) is 7.35. The molecule has 2 rings (SSSR count). The summed E-state index contributed by atoms with van der Waals surface area (Å²) in [4.78, 5) is 24.0. The highest BCUT2D eigenvalue weighted by atomic mass is 35.5. The number of hydrogen-bond acceptors (Lipinski definition) is 5. The van der Waals surface area contributed by atoms with E-state index in [1.807, 2.05) is 0 Å². The molecule has 1 N–H and O–H groups in total. The Morgan fingerprint density at radius 1 is 1.08 bits per heavy atom. The molecule has 0 amide bonds. The number of aryl methyl sites for hydroxylation is 1. The van der Waals surface area contributed by atoms with E-state index in [9.17, 15) is 14.7 Å². The minimum Gasteiger partial charge on any atom is -0.508 e. The minimum atomic E-state index is -0.520. The van der Waals surface area contributed by atoms with Gasteiger partial charge < -0.3 is 14.6 Å². The Labute approximate surface area is 155 Å². The highest BCUT2D eigenvalue weighted by molar-refractivity contribution is 6.40. The molecule has 0 saturated carbocycles. The summed E-state index contributed by atoms with van der Waals surface area (Å²) in [6.45, 7) is 0. The zero-order chi connectivity index (χ0) is 18.6. The minimum absolute atomic E-state index is 0.00706. The predicted molar refractivity (Wildman–Crippen MR) is 95.1 cm³/mol. The van der Waals surface area contributed by atoms with Crippen molar-refractivity contribution in [1.82, 2.24) is 0 Å². The van der Waals surface area contributed by atoms with Gasteiger partial charge in [0.25, 0.3) is 0 Å². The maximum atomic E-state index is 12.5. The fourth-order valence-corrected chi connectivity index (χ4v) is 3.02. The van der Waals surface area contributed by atoms with Crippen molar-refractivity contribution in [3.63, 3.8) is 0 Å². The number of carbonyl (C=O) groups is 2. The lowest BCUT2D eigenvalue weighted by Crippen LogP contribution is -2.05. The number of hydrogen-bond donors (Lipinski definition) is 1. The zero-order valence-electron chi connectivity index (χ0n) is 13.6. The zero-order valence-corrected chi connectivity index (χ0v) is 15.1. The second-order valence-electron chi connectivity index (χ2n) is 5.22. The predicted octanol–water partition coefficient (Wildman–Crippen LogP) is 4.31. The van der Waals surface area contributed by atoms with Gasteiger partial charge in [-0.2, -0.15) is 0 Å². The first-order valence-corrected chi connectivity index (χ1v) is 8.09. The van der Waals surface area contributed by atoms with Crippen molar-refractivity contribution in [3.8, 4) is 11.5 Å². The Morgan fingerprint density at radius 3 is 2.28 bits per heavy atom. The Hall–Kier alpha value is -2.24. The van der Waals surface area contributed by atoms with Gasteiger partial charge in [0, 0.05) is 6.42 Å². The monoisotopic (exact) mass is 382 g/mol. The molecule has 0 fully saturated rings. The number of benzene rings is 2. The molecule has 0 saturated heterocycles. The van der Waals surface area contributed by atoms with Crippen molar-refractivity contribution in [2.45, 2.75) is 12.8 Å². The molecule has 25 heavy (non-hydrogen) atoms. The third kappa shape index (κ3) is 4.44. The molecule has 132 valence electrons. The lowest BCUT2D eigenvalue weighted by Gasteiger charge is -2.10. The van der Waals surface area contributed by atoms with Crippen LogP contribution in [0, 0.1) is 0 Å². The summed E-state index contributed by atoms with van der Waals surface area (Å²) in [6.07, 6.45) is 0.276. The third-order valence-electron chi connectivity index (χ3n) is 3.65. The van der Waals surface area contributed by atoms with Crippen molar-refractivity contribution in [2.24, 2.45) is 0 Å². The normalized spacial score (nSPS) is 10.4. The number of methoxy groups -OCH3 is 2. The Bertz CT molecular complexity index is 794. The number of ether oxygens (including phenoxy) is 2. The standard InChI is InChI=1S/C18H16Cl2O5/c1-24-12-8-13(19)17(14(20)9-12)16(22)6-3-10-7-11(18(23)25-2)4-5-15(10)21/h4-5,7-9,21H,3,6H2,1-2H3. The van der Waals surface area contributed by atoms with Crippen molar-refractivity contribution in [1.29, 1.82) is 0 Å². The topological polar surface area (TPSA) is 72.8 Å². The maximum Gasteiger partial charge on any atom is 0.337 e. The molecule has 2 aromatic carbocycles. The number of carbonyl (C=O) groups excluding carboxylic acids is 2. The fraction of sp³-hybridized carbons (Fsp3) is 0.222. The van der Waals surface area contributed by atoms with E-state index in [-0.39, 0.29) is 40.0 Å². The fourth-order valence-electron chi connectivity index (χ4n) is 2.34. The summed E-state index contributed by atoms with van der Waals surface area (Å²) in [5, 5.41) is 10.3. The van der Waals surface area contributed by atoms with E-state index < -0.39 is 5.97 Å². The SMILES string of the molecule is COC(=O)c1ccc(O)c(CCC(=O)c2c(Cl)cc(OC)cc2Cl)c1. The number of aromatic hydroxyl groups is 1. The van der Waals surface area contributed by atoms with Crippen LogP contribution in [-0.4, -0.2) is 31.1 Å². The molecule has 0 aliphatic carbocycles. The molecule has 0 aliphatic heterocycles. The lowest BCUT2D eigenvalue weighted by atomic mass is 10.0. The highest BCUT2D eigenvalue weighted by Crippen LogP contribution is 2.32. The molecule has 0 spiro atoms. The van der Waals surface area contributed by atoms with Crippen LogP contribution < -0.4 is 4.74 Å². The summed E-state index contributed by atoms with van der Waals surface area (Å²) in [5.74, 6) is -0.350. The van der Waals surface area contributed by atoms with E-state index in [2.05, 4.69) is 4.74 Å². The van der Waals surface area contributed by atoms with Crippen LogP contribution in [0.1, 0.15) is 32.7 Å². The van der Waals surface area contributed by atoms with Gasteiger partial charge >= 0.3 is 5.97 Å². The number of rotatable bonds is 6. The molecule has 0 heterocycles. The number of esters is 1. The average molecular weight is 383 g/mol. The van der Waals surface area contributed by atoms with Crippen LogP contribution in [0.5, 0.6) is 11.5 Å². The van der Waals surface area contributed by atoms with E-state index in [1.54, 1.807) is 0 Å². The highest BCUT2D eigenvalue weighted by Gasteiger charge is 2.18. The van der Waals surface area contributed by atoms with Crippen LogP contribution in [0.2, 0.25) is 10.0 Å². The third-order valence-corrected chi connectivity index (χ3v) is 4.25. The molecule has 0 atom stereocenters. The van der Waals surface area contributed by atoms with Gasteiger partial charge in [0.15, 0.2) is 5.78 Å². The van der Waals surface area contributed by atoms with Crippen LogP contribution >= 0.6 is 23.2 Å². The van der Waals surface area contributed by atoms with Crippen LogP contribution in [0.3, 0.4) is 0 Å². The van der Waals surface area contributed by atoms with Crippen LogP contribution in [0.25, 0.3) is 0 Å². The van der Waals surface area contributed by atoms with Gasteiger partial charge in [-0.3, -0.25) is 4.79 Å². The van der Waals surface area contributed by atoms with E-state index >= 15 is 0 Å². The van der Waals surface area contributed by atoms with E-state index in [0.717, 1.165) is 0 Å². The number of Topliss-reactive ketones (excluding diaryl/α,β-unsaturated/α-hetero) is 1. The van der Waals surface area contributed by atoms with Crippen LogP contribution in [0.15, 0.2) is 30.3 Å². The first-order chi connectivity index (χ1) is 11.9. The Balaban J connectivity index is 2.19. The summed E-state index contributed by atoms with van der Waals surface area (Å²) in [7, 11) is 2.74. The first kappa shape index (κ1) is 19.1. The van der Waals surface area contributed by atoms with Gasteiger partial charge in [-0.25, -0.2) is 4.79 Å². The summed E-state index contributed by atoms with van der Waals surface area (Å²) in [5.41, 5.74) is 0.952. The van der Waals surface area contributed by atoms with E-state index in [1.165, 1.54) is 44.6 Å². The summed E-state index contributed by atoms with van der Waals surface area (Å²) >= 11 is 12.2. The van der Waals surface area contributed by atoms with Gasteiger partial charge in [-0.1, -0.05) is 23.2 Å². The quantitative estimate of drug-likeness (QED) is 0.595. The molecule has 0 aliphatic rings. The number of phenols is 1. The van der Waals surface area contributed by atoms with Crippen molar-refractivity contribution in [3.05, 3.63) is 57.1 Å². The number of ketones is 1. The smallest absolute Gasteiger partial charge is 0.337 e. The Morgan fingerprint density at radius 2 is 1.72 bits per heavy atom.